The van der Waals surface area contributed by atoms with E-state index in [1.807, 2.05) is 6.20 Å². The van der Waals surface area contributed by atoms with Gasteiger partial charge in [0.1, 0.15) is 5.82 Å². The van der Waals surface area contributed by atoms with Crippen molar-refractivity contribution in [2.45, 2.75) is 39.8 Å². The number of hydrogen-bond donors (Lipinski definition) is 1. The molecule has 2 rings (SSSR count). The number of aryl methyl sites for hydroxylation is 2. The van der Waals surface area contributed by atoms with Crippen molar-refractivity contribution in [3.05, 3.63) is 52.0 Å². The number of nitrogens with zero attached hydrogens (tertiary/aromatic N) is 2. The molecule has 0 bridgehead atoms. The van der Waals surface area contributed by atoms with Crippen LogP contribution in [0.2, 0.25) is 0 Å². The Morgan fingerprint density at radius 1 is 1.35 bits per heavy atom. The molecule has 0 fully saturated rings. The Bertz CT molecular complexity index is 563. The third-order valence-electron chi connectivity index (χ3n) is 3.43. The fraction of sp³-hybridized carbons (Fsp3) is 0.438. The molecule has 0 aliphatic heterocycles. The molecular formula is C16H22BrN3. The number of imidazole rings is 1. The molecule has 1 aromatic heterocycles. The van der Waals surface area contributed by atoms with E-state index in [1.54, 1.807) is 0 Å². The van der Waals surface area contributed by atoms with Gasteiger partial charge >= 0.3 is 0 Å². The summed E-state index contributed by atoms with van der Waals surface area (Å²) in [5.74, 6) is 1.09. The summed E-state index contributed by atoms with van der Waals surface area (Å²) in [5.41, 5.74) is 2.56. The largest absolute Gasteiger partial charge is 0.333 e. The summed E-state index contributed by atoms with van der Waals surface area (Å²) in [4.78, 5) is 4.59. The summed E-state index contributed by atoms with van der Waals surface area (Å²) in [5, 5.41) is 3.56. The minimum atomic E-state index is 0.138. The quantitative estimate of drug-likeness (QED) is 0.862. The van der Waals surface area contributed by atoms with Crippen LogP contribution in [-0.2, 0) is 6.54 Å². The van der Waals surface area contributed by atoms with Gasteiger partial charge in [0.05, 0.1) is 6.04 Å². The fourth-order valence-electron chi connectivity index (χ4n) is 2.48. The number of rotatable bonds is 6. The predicted molar refractivity (Wildman–Crippen MR) is 86.9 cm³/mol. The van der Waals surface area contributed by atoms with Crippen LogP contribution in [0.4, 0.5) is 0 Å². The van der Waals surface area contributed by atoms with Crippen LogP contribution < -0.4 is 5.32 Å². The maximum atomic E-state index is 4.59. The SMILES string of the molecule is CCCn1ccnc1C(NCC)c1cc(Br)ccc1C. The number of halogens is 1. The first-order chi connectivity index (χ1) is 9.67. The monoisotopic (exact) mass is 335 g/mol. The van der Waals surface area contributed by atoms with E-state index in [9.17, 15) is 0 Å². The van der Waals surface area contributed by atoms with Crippen molar-refractivity contribution in [2.75, 3.05) is 6.54 Å². The lowest BCUT2D eigenvalue weighted by Crippen LogP contribution is -2.26. The van der Waals surface area contributed by atoms with Gasteiger partial charge in [0.25, 0.3) is 0 Å². The van der Waals surface area contributed by atoms with Crippen LogP contribution in [0.5, 0.6) is 0 Å². The predicted octanol–water partition coefficient (Wildman–Crippen LogP) is 4.06. The molecule has 4 heteroatoms. The van der Waals surface area contributed by atoms with E-state index in [-0.39, 0.29) is 6.04 Å². The van der Waals surface area contributed by atoms with Gasteiger partial charge in [-0.15, -0.1) is 0 Å². The van der Waals surface area contributed by atoms with Crippen LogP contribution in [-0.4, -0.2) is 16.1 Å². The molecule has 1 atom stereocenters. The van der Waals surface area contributed by atoms with Crippen LogP contribution >= 0.6 is 15.9 Å². The van der Waals surface area contributed by atoms with Crippen LogP contribution in [0.25, 0.3) is 0 Å². The van der Waals surface area contributed by atoms with Gasteiger partial charge in [-0.05, 0) is 43.1 Å². The Morgan fingerprint density at radius 2 is 2.15 bits per heavy atom. The molecule has 20 heavy (non-hydrogen) atoms. The lowest BCUT2D eigenvalue weighted by Gasteiger charge is -2.21. The van der Waals surface area contributed by atoms with Gasteiger partial charge in [-0.3, -0.25) is 0 Å². The minimum Gasteiger partial charge on any atom is -0.333 e. The molecule has 1 unspecified atom stereocenters. The highest BCUT2D eigenvalue weighted by atomic mass is 79.9. The minimum absolute atomic E-state index is 0.138. The molecule has 108 valence electrons. The summed E-state index contributed by atoms with van der Waals surface area (Å²) in [6.07, 6.45) is 5.07. The van der Waals surface area contributed by atoms with Crippen LogP contribution in [0.15, 0.2) is 35.1 Å². The standard InChI is InChI=1S/C16H22BrN3/c1-4-9-20-10-8-19-16(20)15(18-5-2)14-11-13(17)7-6-12(14)3/h6-8,10-11,15,18H,4-5,9H2,1-3H3. The van der Waals surface area contributed by atoms with Crippen molar-refractivity contribution in [3.63, 3.8) is 0 Å². The van der Waals surface area contributed by atoms with Crippen LogP contribution in [0.3, 0.4) is 0 Å². The Kier molecular flexibility index (Phi) is 5.38. The highest BCUT2D eigenvalue weighted by molar-refractivity contribution is 9.10. The molecule has 2 aromatic rings. The average Bonchev–Trinajstić information content (AvgIpc) is 2.88. The van der Waals surface area contributed by atoms with Gasteiger partial charge in [-0.2, -0.15) is 0 Å². The number of benzene rings is 1. The topological polar surface area (TPSA) is 29.9 Å². The number of aromatic nitrogens is 2. The molecule has 0 saturated heterocycles. The Hall–Kier alpha value is -1.13. The van der Waals surface area contributed by atoms with Crippen molar-refractivity contribution in [3.8, 4) is 0 Å². The second-order valence-electron chi connectivity index (χ2n) is 4.97. The molecule has 0 radical (unpaired) electrons. The summed E-state index contributed by atoms with van der Waals surface area (Å²) in [6, 6.07) is 6.56. The summed E-state index contributed by atoms with van der Waals surface area (Å²) < 4.78 is 3.35. The van der Waals surface area contributed by atoms with Gasteiger partial charge in [0.2, 0.25) is 0 Å². The van der Waals surface area contributed by atoms with E-state index >= 15 is 0 Å². The third kappa shape index (κ3) is 3.30. The normalized spacial score (nSPS) is 12.6. The molecule has 0 spiro atoms. The zero-order chi connectivity index (χ0) is 14.5. The first-order valence-electron chi connectivity index (χ1n) is 7.17. The molecule has 1 aromatic carbocycles. The third-order valence-corrected chi connectivity index (χ3v) is 3.92. The fourth-order valence-corrected chi connectivity index (χ4v) is 2.86. The van der Waals surface area contributed by atoms with Gasteiger partial charge in [-0.25, -0.2) is 4.98 Å². The van der Waals surface area contributed by atoms with E-state index in [4.69, 9.17) is 0 Å². The Labute approximate surface area is 129 Å². The Morgan fingerprint density at radius 3 is 2.85 bits per heavy atom. The zero-order valence-corrected chi connectivity index (χ0v) is 13.9. The van der Waals surface area contributed by atoms with Gasteiger partial charge in [0, 0.05) is 23.4 Å². The van der Waals surface area contributed by atoms with E-state index in [0.29, 0.717) is 0 Å². The first kappa shape index (κ1) is 15.3. The van der Waals surface area contributed by atoms with E-state index in [0.717, 1.165) is 29.8 Å². The summed E-state index contributed by atoms with van der Waals surface area (Å²) in [6.45, 7) is 8.39. The molecule has 3 nitrogen and oxygen atoms in total. The highest BCUT2D eigenvalue weighted by Gasteiger charge is 2.20. The lowest BCUT2D eigenvalue weighted by molar-refractivity contribution is 0.542. The zero-order valence-electron chi connectivity index (χ0n) is 12.4. The lowest BCUT2D eigenvalue weighted by atomic mass is 10.0. The van der Waals surface area contributed by atoms with Gasteiger partial charge in [0.15, 0.2) is 0 Å². The second kappa shape index (κ2) is 7.04. The second-order valence-corrected chi connectivity index (χ2v) is 5.89. The maximum Gasteiger partial charge on any atom is 0.130 e. The van der Waals surface area contributed by atoms with Gasteiger partial charge < -0.3 is 9.88 Å². The molecular weight excluding hydrogens is 314 g/mol. The molecule has 0 amide bonds. The molecule has 1 N–H and O–H groups in total. The van der Waals surface area contributed by atoms with E-state index in [2.05, 4.69) is 76.0 Å². The molecule has 0 aliphatic rings. The van der Waals surface area contributed by atoms with Crippen LogP contribution in [0, 0.1) is 6.92 Å². The van der Waals surface area contributed by atoms with Crippen molar-refractivity contribution in [1.29, 1.82) is 0 Å². The van der Waals surface area contributed by atoms with Crippen molar-refractivity contribution in [2.24, 2.45) is 0 Å². The van der Waals surface area contributed by atoms with Crippen molar-refractivity contribution < 1.29 is 0 Å². The smallest absolute Gasteiger partial charge is 0.130 e. The van der Waals surface area contributed by atoms with Gasteiger partial charge in [-0.1, -0.05) is 35.8 Å². The number of hydrogen-bond acceptors (Lipinski definition) is 2. The number of nitrogens with one attached hydrogen (secondary N) is 1. The highest BCUT2D eigenvalue weighted by Crippen LogP contribution is 2.27. The summed E-state index contributed by atoms with van der Waals surface area (Å²) in [7, 11) is 0. The van der Waals surface area contributed by atoms with Crippen LogP contribution in [0.1, 0.15) is 43.3 Å². The average molecular weight is 336 g/mol. The van der Waals surface area contributed by atoms with E-state index < -0.39 is 0 Å². The first-order valence-corrected chi connectivity index (χ1v) is 7.97. The van der Waals surface area contributed by atoms with E-state index in [1.165, 1.54) is 11.1 Å². The molecule has 0 aliphatic carbocycles. The maximum absolute atomic E-state index is 4.59. The summed E-state index contributed by atoms with van der Waals surface area (Å²) >= 11 is 3.57. The van der Waals surface area contributed by atoms with Crippen molar-refractivity contribution in [1.82, 2.24) is 14.9 Å². The van der Waals surface area contributed by atoms with Crippen molar-refractivity contribution >= 4 is 15.9 Å². The Balaban J connectivity index is 2.44. The molecule has 0 saturated carbocycles. The molecule has 1 heterocycles.